The maximum absolute atomic E-state index is 12.9. The Hall–Kier alpha value is -3.48. The number of nitrogens with one attached hydrogen (secondary N) is 1. The van der Waals surface area contributed by atoms with E-state index in [-0.39, 0.29) is 5.88 Å². The third-order valence-electron chi connectivity index (χ3n) is 8.06. The van der Waals surface area contributed by atoms with Crippen molar-refractivity contribution in [3.05, 3.63) is 88.6 Å². The van der Waals surface area contributed by atoms with Crippen LogP contribution in [0.3, 0.4) is 0 Å². The van der Waals surface area contributed by atoms with Gasteiger partial charge in [0.25, 0.3) is 0 Å². The van der Waals surface area contributed by atoms with Crippen LogP contribution in [0.15, 0.2) is 60.7 Å². The Morgan fingerprint density at radius 2 is 1.89 bits per heavy atom. The van der Waals surface area contributed by atoms with Gasteiger partial charge in [0.2, 0.25) is 5.88 Å². The molecule has 1 aliphatic heterocycles. The number of aryl methyl sites for hydroxylation is 1. The van der Waals surface area contributed by atoms with Crippen molar-refractivity contribution < 1.29 is 19.7 Å². The van der Waals surface area contributed by atoms with E-state index in [9.17, 15) is 15.5 Å². The average Bonchev–Trinajstić information content (AvgIpc) is 3.29. The third-order valence-corrected chi connectivity index (χ3v) is 8.06. The average molecular weight is 515 g/mol. The number of nitrogens with zero attached hydrogens (tertiary/aromatic N) is 3. The maximum Gasteiger partial charge on any atom is 0.223 e. The molecule has 1 aliphatic carbocycles. The van der Waals surface area contributed by atoms with E-state index in [4.69, 9.17) is 9.47 Å². The lowest BCUT2D eigenvalue weighted by atomic mass is 9.70. The normalized spacial score (nSPS) is 27.5. The van der Waals surface area contributed by atoms with Gasteiger partial charge in [0.05, 0.1) is 30.4 Å². The SMILES string of the molecule is CNCCN(C)C[C@@H]1C(c2ccccc2)C2(c3ccc(C#N)cc3)Oc3cc(C)nc(OC)c3C2(O)[C@@H]1O. The van der Waals surface area contributed by atoms with Gasteiger partial charge >= 0.3 is 0 Å². The van der Waals surface area contributed by atoms with Crippen molar-refractivity contribution in [2.45, 2.75) is 30.1 Å². The fraction of sp³-hybridized carbons (Fsp3) is 0.400. The number of hydrogen-bond acceptors (Lipinski definition) is 8. The molecule has 3 N–H and O–H groups in total. The highest BCUT2D eigenvalue weighted by Gasteiger charge is 2.76. The Kier molecular flexibility index (Phi) is 6.88. The first-order chi connectivity index (χ1) is 18.3. The zero-order chi connectivity index (χ0) is 27.1. The Balaban J connectivity index is 1.79. The second-order valence-corrected chi connectivity index (χ2v) is 10.3. The first kappa shape index (κ1) is 26.1. The highest BCUT2D eigenvalue weighted by Crippen LogP contribution is 2.69. The van der Waals surface area contributed by atoms with Crippen molar-refractivity contribution in [1.82, 2.24) is 15.2 Å². The lowest BCUT2D eigenvalue weighted by Gasteiger charge is -2.41. The van der Waals surface area contributed by atoms with Gasteiger partial charge in [-0.1, -0.05) is 42.5 Å². The predicted molar refractivity (Wildman–Crippen MR) is 143 cm³/mol. The van der Waals surface area contributed by atoms with Crippen LogP contribution in [0.1, 0.15) is 33.9 Å². The van der Waals surface area contributed by atoms with Crippen LogP contribution in [0.25, 0.3) is 0 Å². The van der Waals surface area contributed by atoms with Crippen LogP contribution in [0.4, 0.5) is 0 Å². The number of ether oxygens (including phenoxy) is 2. The third kappa shape index (κ3) is 3.77. The van der Waals surface area contributed by atoms with Gasteiger partial charge < -0.3 is 29.9 Å². The molecule has 3 aromatic rings. The van der Waals surface area contributed by atoms with Gasteiger partial charge in [0.15, 0.2) is 11.2 Å². The number of aromatic nitrogens is 1. The van der Waals surface area contributed by atoms with Gasteiger partial charge in [0.1, 0.15) is 5.75 Å². The summed E-state index contributed by atoms with van der Waals surface area (Å²) in [6.07, 6.45) is -1.21. The number of pyridine rings is 1. The quantitative estimate of drug-likeness (QED) is 0.421. The number of benzene rings is 2. The molecule has 0 spiro atoms. The maximum atomic E-state index is 12.9. The summed E-state index contributed by atoms with van der Waals surface area (Å²) in [5, 5.41) is 37.7. The number of hydrogen-bond donors (Lipinski definition) is 3. The summed E-state index contributed by atoms with van der Waals surface area (Å²) in [5.74, 6) is -0.179. The second kappa shape index (κ2) is 10.0. The van der Waals surface area contributed by atoms with E-state index in [0.29, 0.717) is 34.7 Å². The first-order valence-electron chi connectivity index (χ1n) is 12.9. The number of likely N-dealkylation sites (N-methyl/N-ethyl adjacent to an activating group) is 2. The minimum absolute atomic E-state index is 0.230. The van der Waals surface area contributed by atoms with Gasteiger partial charge in [-0.05, 0) is 44.3 Å². The van der Waals surface area contributed by atoms with Crippen LogP contribution in [0, 0.1) is 24.2 Å². The van der Waals surface area contributed by atoms with Gasteiger partial charge in [0, 0.05) is 43.2 Å². The van der Waals surface area contributed by atoms with Crippen LogP contribution >= 0.6 is 0 Å². The number of rotatable bonds is 8. The summed E-state index contributed by atoms with van der Waals surface area (Å²) in [7, 11) is 5.43. The van der Waals surface area contributed by atoms with Gasteiger partial charge in [-0.15, -0.1) is 0 Å². The van der Waals surface area contributed by atoms with Crippen molar-refractivity contribution >= 4 is 0 Å². The molecular formula is C30H34N4O4. The van der Waals surface area contributed by atoms with E-state index in [1.54, 1.807) is 18.2 Å². The van der Waals surface area contributed by atoms with E-state index in [2.05, 4.69) is 21.3 Å². The van der Waals surface area contributed by atoms with Crippen molar-refractivity contribution in [3.63, 3.8) is 0 Å². The number of aliphatic hydroxyl groups excluding tert-OH is 1. The van der Waals surface area contributed by atoms with E-state index < -0.39 is 29.1 Å². The largest absolute Gasteiger partial charge is 0.481 e. The van der Waals surface area contributed by atoms with Gasteiger partial charge in [-0.3, -0.25) is 0 Å². The number of methoxy groups -OCH3 is 1. The Morgan fingerprint density at radius 1 is 1.18 bits per heavy atom. The lowest BCUT2D eigenvalue weighted by Crippen LogP contribution is -2.52. The monoisotopic (exact) mass is 514 g/mol. The van der Waals surface area contributed by atoms with Crippen LogP contribution in [0.5, 0.6) is 11.6 Å². The van der Waals surface area contributed by atoms with Crippen LogP contribution < -0.4 is 14.8 Å². The molecule has 2 aromatic carbocycles. The van der Waals surface area contributed by atoms with E-state index in [0.717, 1.165) is 18.7 Å². The molecule has 8 nitrogen and oxygen atoms in total. The fourth-order valence-electron chi connectivity index (χ4n) is 6.45. The Labute approximate surface area is 223 Å². The van der Waals surface area contributed by atoms with Gasteiger partial charge in [-0.2, -0.15) is 5.26 Å². The smallest absolute Gasteiger partial charge is 0.223 e. The molecule has 1 fully saturated rings. The van der Waals surface area contributed by atoms with E-state index in [1.807, 2.05) is 63.5 Å². The van der Waals surface area contributed by atoms with Crippen LogP contribution in [-0.4, -0.2) is 67.0 Å². The lowest BCUT2D eigenvalue weighted by molar-refractivity contribution is -0.152. The van der Waals surface area contributed by atoms with Crippen molar-refractivity contribution in [2.75, 3.05) is 40.8 Å². The molecule has 5 rings (SSSR count). The molecule has 2 aliphatic rings. The molecule has 0 amide bonds. The zero-order valence-corrected chi connectivity index (χ0v) is 22.2. The molecule has 38 heavy (non-hydrogen) atoms. The molecule has 8 heteroatoms. The second-order valence-electron chi connectivity index (χ2n) is 10.3. The molecule has 1 aromatic heterocycles. The molecule has 5 atom stereocenters. The van der Waals surface area contributed by atoms with Gasteiger partial charge in [-0.25, -0.2) is 4.98 Å². The summed E-state index contributed by atoms with van der Waals surface area (Å²) < 4.78 is 12.6. The van der Waals surface area contributed by atoms with E-state index in [1.165, 1.54) is 7.11 Å². The summed E-state index contributed by atoms with van der Waals surface area (Å²) in [5.41, 5.74) is -0.146. The fourth-order valence-corrected chi connectivity index (χ4v) is 6.45. The molecule has 198 valence electrons. The van der Waals surface area contributed by atoms with Crippen molar-refractivity contribution in [1.29, 1.82) is 5.26 Å². The highest BCUT2D eigenvalue weighted by atomic mass is 16.5. The Morgan fingerprint density at radius 3 is 2.53 bits per heavy atom. The number of nitriles is 1. The summed E-state index contributed by atoms with van der Waals surface area (Å²) in [6.45, 7) is 3.91. The molecular weight excluding hydrogens is 480 g/mol. The van der Waals surface area contributed by atoms with Crippen LogP contribution in [0.2, 0.25) is 0 Å². The minimum Gasteiger partial charge on any atom is -0.481 e. The number of fused-ring (bicyclic) bond motifs is 3. The summed E-state index contributed by atoms with van der Waals surface area (Å²) >= 11 is 0. The molecule has 0 saturated heterocycles. The summed E-state index contributed by atoms with van der Waals surface area (Å²) in [4.78, 5) is 6.70. The van der Waals surface area contributed by atoms with E-state index >= 15 is 0 Å². The topological polar surface area (TPSA) is 111 Å². The molecule has 3 unspecified atom stereocenters. The predicted octanol–water partition coefficient (Wildman–Crippen LogP) is 2.67. The number of aliphatic hydroxyl groups is 2. The first-order valence-corrected chi connectivity index (χ1v) is 12.9. The van der Waals surface area contributed by atoms with Crippen molar-refractivity contribution in [3.8, 4) is 17.7 Å². The highest BCUT2D eigenvalue weighted by molar-refractivity contribution is 5.59. The van der Waals surface area contributed by atoms with Crippen LogP contribution in [-0.2, 0) is 11.2 Å². The Bertz CT molecular complexity index is 1340. The zero-order valence-electron chi connectivity index (χ0n) is 22.2. The van der Waals surface area contributed by atoms with Crippen molar-refractivity contribution in [2.24, 2.45) is 5.92 Å². The molecule has 2 heterocycles. The molecule has 1 saturated carbocycles. The molecule has 0 radical (unpaired) electrons. The summed E-state index contributed by atoms with van der Waals surface area (Å²) in [6, 6.07) is 20.9. The molecule has 0 bridgehead atoms. The standard InChI is InChI=1S/C30H34N4O4/c1-19-16-24-26(28(33-19)37-4)29(36)27(35)23(18-34(3)15-14-32-2)25(21-8-6-5-7-9-21)30(29,38-24)22-12-10-20(17-31)11-13-22/h5-13,16,23,25,27,32,35-36H,14-15,18H2,1-4H3/t23-,25?,27-,29?,30?/m1/s1. The minimum atomic E-state index is -1.88.